The summed E-state index contributed by atoms with van der Waals surface area (Å²) in [5.74, 6) is 1.43. The Kier molecular flexibility index (Phi) is 6.99. The molecule has 0 atom stereocenters. The number of pyridine rings is 1. The number of benzene rings is 2. The lowest BCUT2D eigenvalue weighted by atomic mass is 9.92. The lowest BCUT2D eigenvalue weighted by molar-refractivity contribution is 0.0997. The molecule has 2 heterocycles. The second-order valence-electron chi connectivity index (χ2n) is 10.1. The van der Waals surface area contributed by atoms with Gasteiger partial charge in [0.25, 0.3) is 5.91 Å². The number of hydrogen-bond acceptors (Lipinski definition) is 6. The molecule has 4 N–H and O–H groups in total. The molecule has 0 radical (unpaired) electrons. The number of nitrogens with zero attached hydrogens (tertiary/aromatic N) is 3. The summed E-state index contributed by atoms with van der Waals surface area (Å²) in [6.45, 7) is 10.0. The second kappa shape index (κ2) is 10.0. The van der Waals surface area contributed by atoms with Crippen LogP contribution in [-0.2, 0) is 12.5 Å². The highest BCUT2D eigenvalue weighted by Gasteiger charge is 2.20. The Labute approximate surface area is 221 Å². The van der Waals surface area contributed by atoms with Crippen LogP contribution in [0.1, 0.15) is 48.0 Å². The van der Waals surface area contributed by atoms with Crippen molar-refractivity contribution in [3.63, 3.8) is 0 Å². The lowest BCUT2D eigenvalue weighted by Crippen LogP contribution is -2.21. The SMILES string of the molecule is COc1cc2nccc(Oc3ccc(NC(=O)Nc4cc(C(C)(C)C)nn4C)c(C)c3C)c2cc1C(N)=O. The zero-order chi connectivity index (χ0) is 27.8. The average molecular weight is 517 g/mol. The Balaban J connectivity index is 1.57. The van der Waals surface area contributed by atoms with E-state index >= 15 is 0 Å². The van der Waals surface area contributed by atoms with Gasteiger partial charge in [-0.25, -0.2) is 4.79 Å². The fraction of sp³-hybridized carbons (Fsp3) is 0.286. The van der Waals surface area contributed by atoms with E-state index in [1.54, 1.807) is 48.3 Å². The van der Waals surface area contributed by atoms with Gasteiger partial charge in [0.1, 0.15) is 23.1 Å². The molecule has 198 valence electrons. The zero-order valence-electron chi connectivity index (χ0n) is 22.6. The summed E-state index contributed by atoms with van der Waals surface area (Å²) >= 11 is 0. The number of amides is 3. The van der Waals surface area contributed by atoms with Crippen molar-refractivity contribution in [2.75, 3.05) is 17.7 Å². The summed E-state index contributed by atoms with van der Waals surface area (Å²) in [7, 11) is 3.26. The molecule has 0 unspecified atom stereocenters. The van der Waals surface area contributed by atoms with E-state index < -0.39 is 5.91 Å². The van der Waals surface area contributed by atoms with E-state index in [2.05, 4.69) is 41.5 Å². The minimum absolute atomic E-state index is 0.134. The van der Waals surface area contributed by atoms with Crippen LogP contribution in [0.3, 0.4) is 0 Å². The van der Waals surface area contributed by atoms with Gasteiger partial charge in [-0.05, 0) is 49.2 Å². The Hall–Kier alpha value is -4.60. The first-order valence-electron chi connectivity index (χ1n) is 12.1. The molecule has 3 amide bonds. The molecule has 0 saturated carbocycles. The Morgan fingerprint density at radius 1 is 0.974 bits per heavy atom. The minimum atomic E-state index is -0.611. The van der Waals surface area contributed by atoms with E-state index in [0.29, 0.717) is 39.7 Å². The number of aromatic nitrogens is 3. The molecule has 4 rings (SSSR count). The van der Waals surface area contributed by atoms with Gasteiger partial charge in [-0.2, -0.15) is 5.10 Å². The van der Waals surface area contributed by atoms with Crippen LogP contribution in [0.25, 0.3) is 10.9 Å². The number of primary amides is 1. The molecule has 0 fully saturated rings. The Bertz CT molecular complexity index is 1550. The molecule has 0 spiro atoms. The van der Waals surface area contributed by atoms with Gasteiger partial charge in [-0.15, -0.1) is 0 Å². The number of methoxy groups -OCH3 is 1. The van der Waals surface area contributed by atoms with E-state index in [-0.39, 0.29) is 17.0 Å². The van der Waals surface area contributed by atoms with Crippen LogP contribution in [-0.4, -0.2) is 33.8 Å². The van der Waals surface area contributed by atoms with Gasteiger partial charge < -0.3 is 20.5 Å². The minimum Gasteiger partial charge on any atom is -0.496 e. The van der Waals surface area contributed by atoms with Gasteiger partial charge in [0.05, 0.1) is 23.9 Å². The Morgan fingerprint density at radius 3 is 2.34 bits per heavy atom. The highest BCUT2D eigenvalue weighted by molar-refractivity contribution is 6.01. The number of aryl methyl sites for hydroxylation is 1. The fourth-order valence-electron chi connectivity index (χ4n) is 3.98. The second-order valence-corrected chi connectivity index (χ2v) is 10.1. The van der Waals surface area contributed by atoms with Crippen LogP contribution in [0, 0.1) is 13.8 Å². The number of urea groups is 1. The number of anilines is 2. The van der Waals surface area contributed by atoms with Crippen LogP contribution in [0.5, 0.6) is 17.2 Å². The summed E-state index contributed by atoms with van der Waals surface area (Å²) in [6.07, 6.45) is 1.62. The van der Waals surface area contributed by atoms with Crippen molar-refractivity contribution in [1.29, 1.82) is 0 Å². The molecule has 10 heteroatoms. The summed E-state index contributed by atoms with van der Waals surface area (Å²) in [6, 6.07) is 10.0. The quantitative estimate of drug-likeness (QED) is 0.313. The van der Waals surface area contributed by atoms with Gasteiger partial charge >= 0.3 is 6.03 Å². The molecule has 2 aromatic heterocycles. The van der Waals surface area contributed by atoms with Gasteiger partial charge in [0.2, 0.25) is 0 Å². The third kappa shape index (κ3) is 5.24. The highest BCUT2D eigenvalue weighted by atomic mass is 16.5. The number of hydrogen-bond donors (Lipinski definition) is 3. The largest absolute Gasteiger partial charge is 0.496 e. The van der Waals surface area contributed by atoms with Crippen molar-refractivity contribution in [2.45, 2.75) is 40.0 Å². The molecule has 0 aliphatic rings. The highest BCUT2D eigenvalue weighted by Crippen LogP contribution is 2.36. The van der Waals surface area contributed by atoms with Crippen molar-refractivity contribution in [2.24, 2.45) is 12.8 Å². The van der Waals surface area contributed by atoms with Gasteiger partial charge in [0.15, 0.2) is 0 Å². The number of nitrogens with two attached hydrogens (primary N) is 1. The summed E-state index contributed by atoms with van der Waals surface area (Å²) in [5, 5.41) is 10.9. The van der Waals surface area contributed by atoms with E-state index in [1.807, 2.05) is 19.9 Å². The van der Waals surface area contributed by atoms with Gasteiger partial charge in [0, 0.05) is 41.9 Å². The summed E-state index contributed by atoms with van der Waals surface area (Å²) in [5.41, 5.74) is 9.44. The molecule has 38 heavy (non-hydrogen) atoms. The predicted octanol–water partition coefficient (Wildman–Crippen LogP) is 5.43. The van der Waals surface area contributed by atoms with E-state index in [4.69, 9.17) is 15.2 Å². The monoisotopic (exact) mass is 516 g/mol. The number of ether oxygens (including phenoxy) is 2. The van der Waals surface area contributed by atoms with Crippen LogP contribution < -0.4 is 25.8 Å². The maximum Gasteiger partial charge on any atom is 0.324 e. The van der Waals surface area contributed by atoms with Crippen molar-refractivity contribution in [1.82, 2.24) is 14.8 Å². The Morgan fingerprint density at radius 2 is 1.71 bits per heavy atom. The normalized spacial score (nSPS) is 11.3. The van der Waals surface area contributed by atoms with E-state index in [9.17, 15) is 9.59 Å². The molecular weight excluding hydrogens is 484 g/mol. The van der Waals surface area contributed by atoms with Crippen LogP contribution in [0.4, 0.5) is 16.3 Å². The smallest absolute Gasteiger partial charge is 0.324 e. The number of fused-ring (bicyclic) bond motifs is 1. The van der Waals surface area contributed by atoms with E-state index in [1.165, 1.54) is 7.11 Å². The lowest BCUT2D eigenvalue weighted by Gasteiger charge is -2.16. The van der Waals surface area contributed by atoms with Crippen molar-refractivity contribution >= 4 is 34.3 Å². The molecule has 2 aromatic carbocycles. The van der Waals surface area contributed by atoms with Crippen LogP contribution in [0.2, 0.25) is 0 Å². The standard InChI is InChI=1S/C28H32N6O4/c1-15-16(2)21(38-22-10-11-30-20-13-23(37-7)18(26(29)35)12-17(20)22)9-8-19(15)31-27(36)32-25-14-24(28(3,4)5)33-34(25)6/h8-14H,1-7H3,(H2,29,35)(H2,31,32,36). The average Bonchev–Trinajstić information content (AvgIpc) is 3.23. The zero-order valence-corrected chi connectivity index (χ0v) is 22.6. The maximum absolute atomic E-state index is 12.8. The van der Waals surface area contributed by atoms with Crippen molar-refractivity contribution in [3.8, 4) is 17.2 Å². The van der Waals surface area contributed by atoms with Crippen molar-refractivity contribution < 1.29 is 19.1 Å². The number of rotatable bonds is 6. The van der Waals surface area contributed by atoms with Gasteiger partial charge in [-0.1, -0.05) is 20.8 Å². The third-order valence-corrected chi connectivity index (χ3v) is 6.38. The summed E-state index contributed by atoms with van der Waals surface area (Å²) < 4.78 is 13.2. The number of nitrogens with one attached hydrogen (secondary N) is 2. The molecule has 4 aromatic rings. The summed E-state index contributed by atoms with van der Waals surface area (Å²) in [4.78, 5) is 29.1. The first-order valence-corrected chi connectivity index (χ1v) is 12.1. The number of carbonyl (C=O) groups excluding carboxylic acids is 2. The molecule has 0 saturated heterocycles. The topological polar surface area (TPSA) is 133 Å². The van der Waals surface area contributed by atoms with Crippen LogP contribution >= 0.6 is 0 Å². The first-order chi connectivity index (χ1) is 17.9. The molecule has 10 nitrogen and oxygen atoms in total. The first kappa shape index (κ1) is 26.5. The van der Waals surface area contributed by atoms with Crippen LogP contribution in [0.15, 0.2) is 42.6 Å². The third-order valence-electron chi connectivity index (χ3n) is 6.38. The molecular formula is C28H32N6O4. The fourth-order valence-corrected chi connectivity index (χ4v) is 3.98. The molecule has 0 aliphatic carbocycles. The van der Waals surface area contributed by atoms with Crippen molar-refractivity contribution in [3.05, 3.63) is 65.0 Å². The molecule has 0 aliphatic heterocycles. The molecule has 0 bridgehead atoms. The maximum atomic E-state index is 12.8. The van der Waals surface area contributed by atoms with Gasteiger partial charge in [-0.3, -0.25) is 19.8 Å². The van der Waals surface area contributed by atoms with E-state index in [0.717, 1.165) is 16.8 Å². The number of carbonyl (C=O) groups is 2. The predicted molar refractivity (Wildman–Crippen MR) is 147 cm³/mol.